The van der Waals surface area contributed by atoms with Gasteiger partial charge in [-0.3, -0.25) is 9.59 Å². The molecule has 82 valence electrons. The third-order valence-electron chi connectivity index (χ3n) is 2.31. The molecule has 0 aliphatic heterocycles. The number of para-hydroxylation sites is 1. The zero-order valence-electron chi connectivity index (χ0n) is 9.13. The Bertz CT molecular complexity index is 614. The Morgan fingerprint density at radius 1 is 1.38 bits per heavy atom. The molecule has 4 heteroatoms. The summed E-state index contributed by atoms with van der Waals surface area (Å²) in [4.78, 5) is 25.8. The second kappa shape index (κ2) is 3.81. The molecule has 4 nitrogen and oxygen atoms in total. The van der Waals surface area contributed by atoms with Crippen molar-refractivity contribution in [1.29, 1.82) is 0 Å². The van der Waals surface area contributed by atoms with Crippen molar-refractivity contribution in [3.05, 3.63) is 40.2 Å². The third kappa shape index (κ3) is 1.82. The van der Waals surface area contributed by atoms with Crippen LogP contribution < -0.4 is 10.7 Å². The molecular formula is C12H12N2O2. The molecule has 16 heavy (non-hydrogen) atoms. The fourth-order valence-corrected chi connectivity index (χ4v) is 1.69. The maximum atomic E-state index is 11.7. The fraction of sp³-hybridized carbons (Fsp3) is 0.167. The van der Waals surface area contributed by atoms with Crippen LogP contribution in [0.2, 0.25) is 0 Å². The summed E-state index contributed by atoms with van der Waals surface area (Å²) in [6, 6.07) is 6.79. The number of anilines is 1. The number of rotatable bonds is 1. The number of benzene rings is 1. The van der Waals surface area contributed by atoms with E-state index in [-0.39, 0.29) is 11.3 Å². The van der Waals surface area contributed by atoms with Gasteiger partial charge in [-0.15, -0.1) is 0 Å². The molecule has 0 aliphatic carbocycles. The van der Waals surface area contributed by atoms with Crippen molar-refractivity contribution in [2.75, 3.05) is 5.32 Å². The molecule has 0 unspecified atom stereocenters. The molecule has 0 radical (unpaired) electrons. The Balaban J connectivity index is 2.76. The van der Waals surface area contributed by atoms with Crippen LogP contribution in [0, 0.1) is 6.92 Å². The molecule has 1 heterocycles. The predicted molar refractivity (Wildman–Crippen MR) is 63.6 cm³/mol. The summed E-state index contributed by atoms with van der Waals surface area (Å²) < 4.78 is 0. The molecule has 0 fully saturated rings. The lowest BCUT2D eigenvalue weighted by molar-refractivity contribution is -0.114. The highest BCUT2D eigenvalue weighted by molar-refractivity contribution is 5.99. The van der Waals surface area contributed by atoms with Gasteiger partial charge < -0.3 is 10.3 Å². The van der Waals surface area contributed by atoms with Crippen molar-refractivity contribution in [3.63, 3.8) is 0 Å². The van der Waals surface area contributed by atoms with Gasteiger partial charge in [-0.25, -0.2) is 0 Å². The quantitative estimate of drug-likeness (QED) is 0.763. The lowest BCUT2D eigenvalue weighted by Crippen LogP contribution is -2.09. The normalized spacial score (nSPS) is 10.4. The minimum Gasteiger partial charge on any atom is -0.357 e. The van der Waals surface area contributed by atoms with Gasteiger partial charge in [-0.05, 0) is 19.1 Å². The number of aryl methyl sites for hydroxylation is 1. The summed E-state index contributed by atoms with van der Waals surface area (Å²) in [5, 5.41) is 3.27. The van der Waals surface area contributed by atoms with Gasteiger partial charge in [0, 0.05) is 24.1 Å². The molecule has 1 aromatic heterocycles. The molecule has 2 rings (SSSR count). The summed E-state index contributed by atoms with van der Waals surface area (Å²) >= 11 is 0. The van der Waals surface area contributed by atoms with Gasteiger partial charge in [0.2, 0.25) is 5.91 Å². The topological polar surface area (TPSA) is 62.0 Å². The van der Waals surface area contributed by atoms with Crippen molar-refractivity contribution in [2.24, 2.45) is 0 Å². The summed E-state index contributed by atoms with van der Waals surface area (Å²) in [6.45, 7) is 3.25. The first kappa shape index (κ1) is 10.4. The minimum atomic E-state index is -0.158. The Morgan fingerprint density at radius 3 is 2.81 bits per heavy atom. The molecule has 2 N–H and O–H groups in total. The van der Waals surface area contributed by atoms with Crippen LogP contribution in [0.4, 0.5) is 5.69 Å². The standard InChI is InChI=1S/C12H12N2O2/c1-7-6-11(16)9-4-3-5-10(12(9)13-7)14-8(2)15/h3-6H,1-2H3,(H,13,16)(H,14,15). The van der Waals surface area contributed by atoms with Crippen LogP contribution in [0.15, 0.2) is 29.1 Å². The second-order valence-electron chi connectivity index (χ2n) is 3.73. The van der Waals surface area contributed by atoms with E-state index in [1.54, 1.807) is 24.3 Å². The summed E-state index contributed by atoms with van der Waals surface area (Å²) in [5.74, 6) is -0.158. The van der Waals surface area contributed by atoms with Crippen LogP contribution in [0.3, 0.4) is 0 Å². The highest BCUT2D eigenvalue weighted by Gasteiger charge is 2.05. The van der Waals surface area contributed by atoms with Crippen molar-refractivity contribution in [2.45, 2.75) is 13.8 Å². The van der Waals surface area contributed by atoms with E-state index in [1.165, 1.54) is 6.92 Å². The van der Waals surface area contributed by atoms with Gasteiger partial charge >= 0.3 is 0 Å². The summed E-state index contributed by atoms with van der Waals surface area (Å²) in [6.07, 6.45) is 0. The van der Waals surface area contributed by atoms with E-state index < -0.39 is 0 Å². The molecular weight excluding hydrogens is 204 g/mol. The van der Waals surface area contributed by atoms with Gasteiger partial charge in [0.1, 0.15) is 0 Å². The van der Waals surface area contributed by atoms with Gasteiger partial charge in [0.15, 0.2) is 5.43 Å². The zero-order valence-corrected chi connectivity index (χ0v) is 9.13. The Labute approximate surface area is 92.3 Å². The SMILES string of the molecule is CC(=O)Nc1cccc2c(=O)cc(C)[nH]c12. The van der Waals surface area contributed by atoms with Gasteiger partial charge in [-0.1, -0.05) is 6.07 Å². The largest absolute Gasteiger partial charge is 0.357 e. The van der Waals surface area contributed by atoms with E-state index in [9.17, 15) is 9.59 Å². The zero-order chi connectivity index (χ0) is 11.7. The molecule has 1 aromatic carbocycles. The maximum Gasteiger partial charge on any atom is 0.221 e. The third-order valence-corrected chi connectivity index (χ3v) is 2.31. The van der Waals surface area contributed by atoms with E-state index in [0.717, 1.165) is 5.69 Å². The van der Waals surface area contributed by atoms with E-state index in [0.29, 0.717) is 16.6 Å². The van der Waals surface area contributed by atoms with Crippen LogP contribution >= 0.6 is 0 Å². The van der Waals surface area contributed by atoms with E-state index in [2.05, 4.69) is 10.3 Å². The highest BCUT2D eigenvalue weighted by atomic mass is 16.1. The number of aromatic amines is 1. The average Bonchev–Trinajstić information content (AvgIpc) is 2.18. The lowest BCUT2D eigenvalue weighted by atomic mass is 10.1. The number of aromatic nitrogens is 1. The Kier molecular flexibility index (Phi) is 2.48. The molecule has 0 saturated heterocycles. The fourth-order valence-electron chi connectivity index (χ4n) is 1.69. The molecule has 1 amide bonds. The van der Waals surface area contributed by atoms with Crippen molar-refractivity contribution in [3.8, 4) is 0 Å². The van der Waals surface area contributed by atoms with Gasteiger partial charge in [0.05, 0.1) is 11.2 Å². The number of amides is 1. The number of carbonyl (C=O) groups is 1. The highest BCUT2D eigenvalue weighted by Crippen LogP contribution is 2.18. The number of carbonyl (C=O) groups excluding carboxylic acids is 1. The number of pyridine rings is 1. The minimum absolute atomic E-state index is 0.0431. The molecule has 0 aliphatic rings. The monoisotopic (exact) mass is 216 g/mol. The molecule has 0 spiro atoms. The number of nitrogens with one attached hydrogen (secondary N) is 2. The molecule has 2 aromatic rings. The van der Waals surface area contributed by atoms with Gasteiger partial charge in [0.25, 0.3) is 0 Å². The predicted octanol–water partition coefficient (Wildman–Crippen LogP) is 1.79. The van der Waals surface area contributed by atoms with Crippen LogP contribution in [0.1, 0.15) is 12.6 Å². The number of fused-ring (bicyclic) bond motifs is 1. The van der Waals surface area contributed by atoms with Crippen LogP contribution in [-0.2, 0) is 4.79 Å². The van der Waals surface area contributed by atoms with Crippen LogP contribution in [0.25, 0.3) is 10.9 Å². The maximum absolute atomic E-state index is 11.7. The van der Waals surface area contributed by atoms with Gasteiger partial charge in [-0.2, -0.15) is 0 Å². The van der Waals surface area contributed by atoms with E-state index in [1.807, 2.05) is 6.92 Å². The van der Waals surface area contributed by atoms with E-state index in [4.69, 9.17) is 0 Å². The smallest absolute Gasteiger partial charge is 0.221 e. The second-order valence-corrected chi connectivity index (χ2v) is 3.73. The van der Waals surface area contributed by atoms with Crippen molar-refractivity contribution < 1.29 is 4.79 Å². The number of hydrogen-bond donors (Lipinski definition) is 2. The summed E-state index contributed by atoms with van der Waals surface area (Å²) in [5.41, 5.74) is 2.03. The van der Waals surface area contributed by atoms with Crippen LogP contribution in [-0.4, -0.2) is 10.9 Å². The van der Waals surface area contributed by atoms with E-state index >= 15 is 0 Å². The first-order valence-electron chi connectivity index (χ1n) is 4.98. The first-order valence-corrected chi connectivity index (χ1v) is 4.98. The lowest BCUT2D eigenvalue weighted by Gasteiger charge is -2.07. The number of hydrogen-bond acceptors (Lipinski definition) is 2. The average molecular weight is 216 g/mol. The van der Waals surface area contributed by atoms with Crippen LogP contribution in [0.5, 0.6) is 0 Å². The first-order chi connectivity index (χ1) is 7.58. The van der Waals surface area contributed by atoms with Crippen molar-refractivity contribution >= 4 is 22.5 Å². The Morgan fingerprint density at radius 2 is 2.12 bits per heavy atom. The number of H-pyrrole nitrogens is 1. The molecule has 0 atom stereocenters. The molecule has 0 saturated carbocycles. The van der Waals surface area contributed by atoms with Crippen molar-refractivity contribution in [1.82, 2.24) is 4.98 Å². The molecule has 0 bridgehead atoms. The summed E-state index contributed by atoms with van der Waals surface area (Å²) in [7, 11) is 0. The Hall–Kier alpha value is -2.10.